The number of nitrogens with two attached hydrogens (primary N) is 1. The third-order valence-corrected chi connectivity index (χ3v) is 6.40. The van der Waals surface area contributed by atoms with Crippen LogP contribution in [-0.2, 0) is 0 Å². The average molecular weight is 498 g/mol. The van der Waals surface area contributed by atoms with E-state index >= 15 is 0 Å². The minimum absolute atomic E-state index is 0.311. The zero-order valence-electron chi connectivity index (χ0n) is 19.1. The van der Waals surface area contributed by atoms with Gasteiger partial charge >= 0.3 is 0 Å². The number of nitrogens with zero attached hydrogens (tertiary/aromatic N) is 5. The minimum atomic E-state index is -0.409. The fraction of sp³-hybridized carbons (Fsp3) is 0.111. The fourth-order valence-corrected chi connectivity index (χ4v) is 4.64. The van der Waals surface area contributed by atoms with E-state index in [0.717, 1.165) is 28.9 Å². The lowest BCUT2D eigenvalue weighted by Crippen LogP contribution is -2.31. The molecule has 0 amide bonds. The molecule has 1 aromatic carbocycles. The van der Waals surface area contributed by atoms with Gasteiger partial charge < -0.3 is 11.1 Å². The summed E-state index contributed by atoms with van der Waals surface area (Å²) >= 11 is 6.21. The molecule has 0 aliphatic carbocycles. The monoisotopic (exact) mass is 497 g/mol. The number of pyridine rings is 3. The Balaban J connectivity index is 1.54. The van der Waals surface area contributed by atoms with Crippen molar-refractivity contribution in [2.24, 2.45) is 10.7 Å². The summed E-state index contributed by atoms with van der Waals surface area (Å²) in [6, 6.07) is 15.8. The summed E-state index contributed by atoms with van der Waals surface area (Å²) in [5.74, 6) is -0.409. The van der Waals surface area contributed by atoms with Crippen LogP contribution in [0.2, 0.25) is 5.02 Å². The topological polar surface area (TPSA) is 93.5 Å². The maximum absolute atomic E-state index is 14.9. The number of benzene rings is 1. The summed E-state index contributed by atoms with van der Waals surface area (Å²) < 4.78 is 16.8. The van der Waals surface area contributed by atoms with Gasteiger partial charge in [-0.25, -0.2) is 14.4 Å². The van der Waals surface area contributed by atoms with Gasteiger partial charge in [0, 0.05) is 53.4 Å². The molecule has 36 heavy (non-hydrogen) atoms. The molecule has 178 valence electrons. The van der Waals surface area contributed by atoms with Crippen LogP contribution in [0.15, 0.2) is 78.2 Å². The molecule has 1 aliphatic heterocycles. The van der Waals surface area contributed by atoms with Crippen molar-refractivity contribution in [1.82, 2.24) is 24.7 Å². The van der Waals surface area contributed by atoms with E-state index in [2.05, 4.69) is 15.3 Å². The van der Waals surface area contributed by atoms with E-state index in [0.29, 0.717) is 51.9 Å². The van der Waals surface area contributed by atoms with Crippen molar-refractivity contribution in [2.75, 3.05) is 19.6 Å². The van der Waals surface area contributed by atoms with Crippen molar-refractivity contribution in [2.45, 2.75) is 0 Å². The number of fused-ring (bicyclic) bond motifs is 2. The number of hydrogen-bond acceptors (Lipinski definition) is 6. The van der Waals surface area contributed by atoms with Crippen molar-refractivity contribution in [3.63, 3.8) is 0 Å². The maximum Gasteiger partial charge on any atom is 0.137 e. The zero-order valence-corrected chi connectivity index (χ0v) is 19.9. The van der Waals surface area contributed by atoms with Crippen molar-refractivity contribution in [3.05, 3.63) is 89.6 Å². The van der Waals surface area contributed by atoms with Crippen LogP contribution in [0.3, 0.4) is 0 Å². The molecule has 5 heterocycles. The van der Waals surface area contributed by atoms with Crippen molar-refractivity contribution in [1.29, 1.82) is 0 Å². The summed E-state index contributed by atoms with van der Waals surface area (Å²) in [6.07, 6.45) is 5.22. The maximum atomic E-state index is 14.9. The van der Waals surface area contributed by atoms with Gasteiger partial charge in [-0.15, -0.1) is 0 Å². The third-order valence-electron chi connectivity index (χ3n) is 6.17. The lowest BCUT2D eigenvalue weighted by Gasteiger charge is -2.16. The highest BCUT2D eigenvalue weighted by Crippen LogP contribution is 2.35. The van der Waals surface area contributed by atoms with E-state index in [-0.39, 0.29) is 0 Å². The molecular weight excluding hydrogens is 477 g/mol. The second-order valence-electron chi connectivity index (χ2n) is 8.41. The Labute approximate surface area is 211 Å². The predicted octanol–water partition coefficient (Wildman–Crippen LogP) is 4.75. The number of hydrogen-bond donors (Lipinski definition) is 2. The number of aromatic nitrogens is 4. The molecular formula is C27H21ClFN7. The summed E-state index contributed by atoms with van der Waals surface area (Å²) in [6.45, 7) is 2.19. The first-order valence-corrected chi connectivity index (χ1v) is 11.9. The molecule has 4 aromatic heterocycles. The Morgan fingerprint density at radius 1 is 1.08 bits per heavy atom. The molecule has 5 aromatic rings. The highest BCUT2D eigenvalue weighted by atomic mass is 35.5. The van der Waals surface area contributed by atoms with Crippen molar-refractivity contribution < 1.29 is 4.39 Å². The van der Waals surface area contributed by atoms with E-state index in [9.17, 15) is 4.39 Å². The molecule has 3 N–H and O–H groups in total. The van der Waals surface area contributed by atoms with Crippen LogP contribution >= 0.6 is 11.6 Å². The minimum Gasteiger partial charge on any atom is -0.404 e. The van der Waals surface area contributed by atoms with Gasteiger partial charge in [0.25, 0.3) is 0 Å². The standard InChI is InChI=1S/C27H21ClFN7/c28-17-4-5-20(29)18(12-17)26-27(36-10-2-1-3-25(36)35-26)22-7-6-21-23(34-22)11-16(14-33-21)19(13-30)24-15-31-8-9-32-24/h1-7,10-14,31H,8-9,15,30H2. The summed E-state index contributed by atoms with van der Waals surface area (Å²) in [5.41, 5.74) is 12.7. The Morgan fingerprint density at radius 3 is 2.83 bits per heavy atom. The van der Waals surface area contributed by atoms with Crippen LogP contribution < -0.4 is 11.1 Å². The van der Waals surface area contributed by atoms with Gasteiger partial charge in [-0.2, -0.15) is 0 Å². The van der Waals surface area contributed by atoms with Gasteiger partial charge in [0.2, 0.25) is 0 Å². The predicted molar refractivity (Wildman–Crippen MR) is 141 cm³/mol. The molecule has 0 saturated carbocycles. The quantitative estimate of drug-likeness (QED) is 0.374. The van der Waals surface area contributed by atoms with E-state index in [1.165, 1.54) is 12.1 Å². The number of aliphatic imine (C=N–C) groups is 1. The number of nitrogens with one attached hydrogen (secondary N) is 1. The van der Waals surface area contributed by atoms with Gasteiger partial charge in [0.1, 0.15) is 17.2 Å². The summed E-state index contributed by atoms with van der Waals surface area (Å²) in [5, 5.41) is 3.75. The first-order valence-electron chi connectivity index (χ1n) is 11.5. The first kappa shape index (κ1) is 22.3. The third kappa shape index (κ3) is 3.90. The van der Waals surface area contributed by atoms with E-state index in [4.69, 9.17) is 27.3 Å². The molecule has 9 heteroatoms. The van der Waals surface area contributed by atoms with Crippen molar-refractivity contribution in [3.8, 4) is 22.6 Å². The molecule has 1 aliphatic rings. The Kier molecular flexibility index (Phi) is 5.67. The van der Waals surface area contributed by atoms with E-state index in [1.54, 1.807) is 18.5 Å². The van der Waals surface area contributed by atoms with Crippen LogP contribution in [-0.4, -0.2) is 44.7 Å². The van der Waals surface area contributed by atoms with Gasteiger partial charge in [-0.05, 0) is 48.5 Å². The Hall–Kier alpha value is -4.14. The van der Waals surface area contributed by atoms with Crippen LogP contribution in [0.25, 0.3) is 44.9 Å². The molecule has 0 radical (unpaired) electrons. The highest BCUT2D eigenvalue weighted by molar-refractivity contribution is 6.30. The van der Waals surface area contributed by atoms with Gasteiger partial charge in [-0.1, -0.05) is 17.7 Å². The van der Waals surface area contributed by atoms with Crippen molar-refractivity contribution >= 4 is 39.6 Å². The van der Waals surface area contributed by atoms with Crippen LogP contribution in [0, 0.1) is 5.82 Å². The normalized spacial score (nSPS) is 14.4. The number of halogens is 2. The second kappa shape index (κ2) is 9.14. The smallest absolute Gasteiger partial charge is 0.137 e. The van der Waals surface area contributed by atoms with Gasteiger partial charge in [0.05, 0.1) is 34.7 Å². The molecule has 0 saturated heterocycles. The summed E-state index contributed by atoms with van der Waals surface area (Å²) in [4.78, 5) is 18.9. The SMILES string of the molecule is NC=C(C1=NCCNC1)c1cnc2ccc(-c3c(-c4cc(Cl)ccc4F)nc4ccccn34)nc2c1. The largest absolute Gasteiger partial charge is 0.404 e. The Morgan fingerprint density at radius 2 is 2.00 bits per heavy atom. The molecule has 0 unspecified atom stereocenters. The second-order valence-corrected chi connectivity index (χ2v) is 8.84. The molecule has 6 rings (SSSR count). The zero-order chi connectivity index (χ0) is 24.6. The number of rotatable bonds is 4. The van der Waals surface area contributed by atoms with E-state index < -0.39 is 5.82 Å². The lowest BCUT2D eigenvalue weighted by atomic mass is 10.0. The molecule has 0 atom stereocenters. The van der Waals surface area contributed by atoms with E-state index in [1.807, 2.05) is 47.0 Å². The van der Waals surface area contributed by atoms with Gasteiger partial charge in [0.15, 0.2) is 0 Å². The van der Waals surface area contributed by atoms with Crippen LogP contribution in [0.5, 0.6) is 0 Å². The van der Waals surface area contributed by atoms with Gasteiger partial charge in [-0.3, -0.25) is 14.4 Å². The first-order chi connectivity index (χ1) is 17.6. The molecule has 7 nitrogen and oxygen atoms in total. The van der Waals surface area contributed by atoms with Crippen LogP contribution in [0.1, 0.15) is 5.56 Å². The number of imidazole rings is 1. The fourth-order valence-electron chi connectivity index (χ4n) is 4.47. The highest BCUT2D eigenvalue weighted by Gasteiger charge is 2.21. The molecule has 0 bridgehead atoms. The molecule has 0 fully saturated rings. The van der Waals surface area contributed by atoms with Crippen LogP contribution in [0.4, 0.5) is 4.39 Å². The summed E-state index contributed by atoms with van der Waals surface area (Å²) in [7, 11) is 0. The molecule has 0 spiro atoms. The Bertz CT molecular complexity index is 1690. The lowest BCUT2D eigenvalue weighted by molar-refractivity contribution is 0.631. The average Bonchev–Trinajstić information content (AvgIpc) is 3.30.